The second kappa shape index (κ2) is 9.59. The monoisotopic (exact) mass is 398 g/mol. The standard InChI is InChI=1S/C21H22N2O6/c24-19(22-11-14-3-1-5-17(9-14)29-13-20(25)26)12-28-18-6-2-4-16(10-18)23-21(27)15-7-8-15/h1-6,9-10,15H,7-8,11-13H2,(H,22,24)(H,23,27)(H,25,26). The second-order valence-corrected chi connectivity index (χ2v) is 6.69. The summed E-state index contributed by atoms with van der Waals surface area (Å²) in [6.45, 7) is -0.344. The Hall–Kier alpha value is -3.55. The fraction of sp³-hybridized carbons (Fsp3) is 0.286. The van der Waals surface area contributed by atoms with Crippen molar-refractivity contribution in [2.24, 2.45) is 5.92 Å². The molecular formula is C21H22N2O6. The number of carboxylic acid groups (broad SMARTS) is 1. The molecule has 3 rings (SSSR count). The van der Waals surface area contributed by atoms with Gasteiger partial charge in [-0.15, -0.1) is 0 Å². The molecule has 0 aliphatic heterocycles. The molecule has 0 saturated heterocycles. The van der Waals surface area contributed by atoms with Crippen LogP contribution in [0.2, 0.25) is 0 Å². The summed E-state index contributed by atoms with van der Waals surface area (Å²) in [5.41, 5.74) is 1.41. The van der Waals surface area contributed by atoms with Crippen molar-refractivity contribution in [2.45, 2.75) is 19.4 Å². The normalized spacial score (nSPS) is 12.7. The third-order valence-corrected chi connectivity index (χ3v) is 4.17. The van der Waals surface area contributed by atoms with E-state index in [1.165, 1.54) is 0 Å². The quantitative estimate of drug-likeness (QED) is 0.565. The van der Waals surface area contributed by atoms with Gasteiger partial charge in [-0.1, -0.05) is 18.2 Å². The molecule has 2 aromatic rings. The van der Waals surface area contributed by atoms with E-state index in [0.717, 1.165) is 18.4 Å². The number of hydrogen-bond acceptors (Lipinski definition) is 5. The van der Waals surface area contributed by atoms with Crippen molar-refractivity contribution >= 4 is 23.5 Å². The summed E-state index contributed by atoms with van der Waals surface area (Å²) in [6.07, 6.45) is 1.85. The van der Waals surface area contributed by atoms with Crippen LogP contribution in [0.3, 0.4) is 0 Å². The molecule has 2 aromatic carbocycles. The zero-order chi connectivity index (χ0) is 20.6. The molecule has 1 saturated carbocycles. The molecule has 1 fully saturated rings. The molecule has 3 N–H and O–H groups in total. The van der Waals surface area contributed by atoms with Gasteiger partial charge in [0.05, 0.1) is 0 Å². The van der Waals surface area contributed by atoms with Crippen LogP contribution in [0.4, 0.5) is 5.69 Å². The van der Waals surface area contributed by atoms with E-state index in [1.54, 1.807) is 48.5 Å². The number of rotatable bonds is 10. The summed E-state index contributed by atoms with van der Waals surface area (Å²) in [5, 5.41) is 14.2. The van der Waals surface area contributed by atoms with Gasteiger partial charge < -0.3 is 25.2 Å². The summed E-state index contributed by atoms with van der Waals surface area (Å²) in [4.78, 5) is 34.4. The predicted molar refractivity (Wildman–Crippen MR) is 105 cm³/mol. The molecular weight excluding hydrogens is 376 g/mol. The van der Waals surface area contributed by atoms with E-state index in [4.69, 9.17) is 14.6 Å². The molecule has 0 bridgehead atoms. The van der Waals surface area contributed by atoms with Crippen molar-refractivity contribution < 1.29 is 29.0 Å². The summed E-state index contributed by atoms with van der Waals surface area (Å²) in [5.74, 6) is -0.350. The van der Waals surface area contributed by atoms with Gasteiger partial charge in [0.25, 0.3) is 5.91 Å². The Balaban J connectivity index is 1.43. The highest BCUT2D eigenvalue weighted by Crippen LogP contribution is 2.30. The first-order valence-electron chi connectivity index (χ1n) is 9.23. The molecule has 8 nitrogen and oxygen atoms in total. The molecule has 8 heteroatoms. The number of anilines is 1. The highest BCUT2D eigenvalue weighted by molar-refractivity contribution is 5.94. The van der Waals surface area contributed by atoms with Gasteiger partial charge in [-0.2, -0.15) is 0 Å². The third-order valence-electron chi connectivity index (χ3n) is 4.17. The lowest BCUT2D eigenvalue weighted by Crippen LogP contribution is -2.28. The lowest BCUT2D eigenvalue weighted by Gasteiger charge is -2.10. The highest BCUT2D eigenvalue weighted by atomic mass is 16.5. The minimum atomic E-state index is -1.06. The molecule has 29 heavy (non-hydrogen) atoms. The Morgan fingerprint density at radius 3 is 2.38 bits per heavy atom. The summed E-state index contributed by atoms with van der Waals surface area (Å²) < 4.78 is 10.6. The first-order valence-corrected chi connectivity index (χ1v) is 9.23. The van der Waals surface area contributed by atoms with E-state index >= 15 is 0 Å². The predicted octanol–water partition coefficient (Wildman–Crippen LogP) is 2.19. The average Bonchev–Trinajstić information content (AvgIpc) is 3.55. The zero-order valence-electron chi connectivity index (χ0n) is 15.7. The third kappa shape index (κ3) is 6.84. The van der Waals surface area contributed by atoms with E-state index < -0.39 is 12.6 Å². The maximum absolute atomic E-state index is 12.0. The molecule has 0 radical (unpaired) electrons. The van der Waals surface area contributed by atoms with E-state index in [9.17, 15) is 14.4 Å². The molecule has 2 amide bonds. The minimum absolute atomic E-state index is 0.00876. The van der Waals surface area contributed by atoms with Crippen LogP contribution in [0.1, 0.15) is 18.4 Å². The first-order chi connectivity index (χ1) is 14.0. The van der Waals surface area contributed by atoms with Crippen LogP contribution in [-0.4, -0.2) is 36.1 Å². The smallest absolute Gasteiger partial charge is 0.341 e. The second-order valence-electron chi connectivity index (χ2n) is 6.69. The fourth-order valence-corrected chi connectivity index (χ4v) is 2.54. The Labute approximate surface area is 167 Å². The van der Waals surface area contributed by atoms with E-state index in [-0.39, 0.29) is 30.9 Å². The van der Waals surface area contributed by atoms with Gasteiger partial charge in [-0.3, -0.25) is 9.59 Å². The van der Waals surface area contributed by atoms with Gasteiger partial charge >= 0.3 is 5.97 Å². The fourth-order valence-electron chi connectivity index (χ4n) is 2.54. The average molecular weight is 398 g/mol. The van der Waals surface area contributed by atoms with Gasteiger partial charge in [0.2, 0.25) is 5.91 Å². The van der Waals surface area contributed by atoms with Gasteiger partial charge in [0.15, 0.2) is 13.2 Å². The molecule has 0 spiro atoms. The van der Waals surface area contributed by atoms with Crippen LogP contribution in [-0.2, 0) is 20.9 Å². The van der Waals surface area contributed by atoms with Crippen LogP contribution < -0.4 is 20.1 Å². The van der Waals surface area contributed by atoms with Crippen LogP contribution in [0.25, 0.3) is 0 Å². The van der Waals surface area contributed by atoms with Gasteiger partial charge in [0, 0.05) is 24.2 Å². The number of hydrogen-bond donors (Lipinski definition) is 3. The Bertz CT molecular complexity index is 894. The van der Waals surface area contributed by atoms with Gasteiger partial charge in [-0.05, 0) is 42.7 Å². The Morgan fingerprint density at radius 2 is 1.66 bits per heavy atom. The van der Waals surface area contributed by atoms with Crippen molar-refractivity contribution in [3.63, 3.8) is 0 Å². The maximum atomic E-state index is 12.0. The van der Waals surface area contributed by atoms with E-state index in [2.05, 4.69) is 10.6 Å². The number of ether oxygens (including phenoxy) is 2. The molecule has 0 unspecified atom stereocenters. The maximum Gasteiger partial charge on any atom is 0.341 e. The number of aliphatic carboxylic acids is 1. The lowest BCUT2D eigenvalue weighted by molar-refractivity contribution is -0.139. The summed E-state index contributed by atoms with van der Waals surface area (Å²) in [7, 11) is 0. The van der Waals surface area contributed by atoms with Gasteiger partial charge in [-0.25, -0.2) is 4.79 Å². The summed E-state index contributed by atoms with van der Waals surface area (Å²) >= 11 is 0. The Morgan fingerprint density at radius 1 is 0.966 bits per heavy atom. The minimum Gasteiger partial charge on any atom is -0.484 e. The molecule has 1 aliphatic rings. The van der Waals surface area contributed by atoms with Crippen LogP contribution in [0, 0.1) is 5.92 Å². The molecule has 0 heterocycles. The zero-order valence-corrected chi connectivity index (χ0v) is 15.7. The van der Waals surface area contributed by atoms with Crippen molar-refractivity contribution in [3.8, 4) is 11.5 Å². The molecule has 0 atom stereocenters. The number of carbonyl (C=O) groups excluding carboxylic acids is 2. The van der Waals surface area contributed by atoms with E-state index in [1.807, 2.05) is 0 Å². The highest BCUT2D eigenvalue weighted by Gasteiger charge is 2.29. The number of benzene rings is 2. The lowest BCUT2D eigenvalue weighted by atomic mass is 10.2. The van der Waals surface area contributed by atoms with Crippen molar-refractivity contribution in [1.82, 2.24) is 5.32 Å². The van der Waals surface area contributed by atoms with Crippen LogP contribution in [0.5, 0.6) is 11.5 Å². The first kappa shape index (κ1) is 20.2. The topological polar surface area (TPSA) is 114 Å². The van der Waals surface area contributed by atoms with Crippen molar-refractivity contribution in [1.29, 1.82) is 0 Å². The van der Waals surface area contributed by atoms with Crippen molar-refractivity contribution in [2.75, 3.05) is 18.5 Å². The summed E-state index contributed by atoms with van der Waals surface area (Å²) in [6, 6.07) is 13.7. The van der Waals surface area contributed by atoms with Crippen LogP contribution in [0.15, 0.2) is 48.5 Å². The molecule has 1 aliphatic carbocycles. The number of carboxylic acids is 1. The SMILES string of the molecule is O=C(O)COc1cccc(CNC(=O)COc2cccc(NC(=O)C3CC3)c2)c1. The van der Waals surface area contributed by atoms with E-state index in [0.29, 0.717) is 17.2 Å². The van der Waals surface area contributed by atoms with Crippen LogP contribution >= 0.6 is 0 Å². The largest absolute Gasteiger partial charge is 0.484 e. The Kier molecular flexibility index (Phi) is 6.67. The number of carbonyl (C=O) groups is 3. The number of nitrogens with one attached hydrogen (secondary N) is 2. The van der Waals surface area contributed by atoms with Gasteiger partial charge in [0.1, 0.15) is 11.5 Å². The molecule has 152 valence electrons. The van der Waals surface area contributed by atoms with Crippen molar-refractivity contribution in [3.05, 3.63) is 54.1 Å². The number of amides is 2. The molecule has 0 aromatic heterocycles.